The first kappa shape index (κ1) is 9.01. The Morgan fingerprint density at radius 3 is 2.73 bits per heavy atom. The predicted octanol–water partition coefficient (Wildman–Crippen LogP) is 1.57. The van der Waals surface area contributed by atoms with Crippen LogP contribution < -0.4 is 0 Å². The molecule has 0 amide bonds. The van der Waals surface area contributed by atoms with Gasteiger partial charge in [-0.3, -0.25) is 0 Å². The molecule has 1 rings (SSSR count). The second-order valence-corrected chi connectivity index (χ2v) is 3.48. The Bertz CT molecular complexity index is 99.7. The molecule has 0 bridgehead atoms. The fourth-order valence-electron chi connectivity index (χ4n) is 1.49. The molecule has 0 heterocycles. The van der Waals surface area contributed by atoms with Crippen molar-refractivity contribution in [1.29, 1.82) is 0 Å². The molecule has 1 aliphatic rings. The highest BCUT2D eigenvalue weighted by molar-refractivity contribution is 4.70. The molecule has 1 saturated carbocycles. The van der Waals surface area contributed by atoms with Crippen molar-refractivity contribution in [2.24, 2.45) is 5.92 Å². The summed E-state index contributed by atoms with van der Waals surface area (Å²) in [5, 5.41) is 9.29. The third-order valence-electron chi connectivity index (χ3n) is 2.49. The second kappa shape index (κ2) is 4.73. The first-order chi connectivity index (χ1) is 5.33. The van der Waals surface area contributed by atoms with E-state index in [0.29, 0.717) is 6.61 Å². The number of hydrogen-bond donors (Lipinski definition) is 1. The molecule has 66 valence electrons. The molecule has 0 aromatic carbocycles. The van der Waals surface area contributed by atoms with Gasteiger partial charge in [0.05, 0.1) is 12.7 Å². The molecular weight excluding hydrogens is 140 g/mol. The summed E-state index contributed by atoms with van der Waals surface area (Å²) >= 11 is 0. The zero-order chi connectivity index (χ0) is 8.10. The third kappa shape index (κ3) is 3.21. The zero-order valence-corrected chi connectivity index (χ0v) is 7.25. The van der Waals surface area contributed by atoms with Gasteiger partial charge in [-0.05, 0) is 18.8 Å². The van der Waals surface area contributed by atoms with Crippen molar-refractivity contribution in [3.63, 3.8) is 0 Å². The van der Waals surface area contributed by atoms with Crippen LogP contribution in [0, 0.1) is 5.92 Å². The molecule has 0 aromatic heterocycles. The van der Waals surface area contributed by atoms with E-state index in [4.69, 9.17) is 4.74 Å². The lowest BCUT2D eigenvalue weighted by Crippen LogP contribution is -2.18. The minimum absolute atomic E-state index is 0.236. The van der Waals surface area contributed by atoms with E-state index in [0.717, 1.165) is 12.3 Å². The molecule has 0 spiro atoms. The van der Waals surface area contributed by atoms with E-state index >= 15 is 0 Å². The predicted molar refractivity (Wildman–Crippen MR) is 44.5 cm³/mol. The normalized spacial score (nSPS) is 21.3. The van der Waals surface area contributed by atoms with Crippen LogP contribution in [0.15, 0.2) is 0 Å². The van der Waals surface area contributed by atoms with E-state index in [1.807, 2.05) is 0 Å². The van der Waals surface area contributed by atoms with Gasteiger partial charge >= 0.3 is 0 Å². The fraction of sp³-hybridized carbons (Fsp3) is 1.00. The zero-order valence-electron chi connectivity index (χ0n) is 7.25. The average Bonchev–Trinajstić information content (AvgIpc) is 1.85. The maximum absolute atomic E-state index is 9.29. The Kier molecular flexibility index (Phi) is 3.87. The number of methoxy groups -OCH3 is 1. The van der Waals surface area contributed by atoms with Crippen LogP contribution in [0.2, 0.25) is 0 Å². The second-order valence-electron chi connectivity index (χ2n) is 3.48. The summed E-state index contributed by atoms with van der Waals surface area (Å²) in [5.41, 5.74) is 0. The highest BCUT2D eigenvalue weighted by Crippen LogP contribution is 2.30. The van der Waals surface area contributed by atoms with Gasteiger partial charge in [0, 0.05) is 7.11 Å². The van der Waals surface area contributed by atoms with Crippen LogP contribution in [0.5, 0.6) is 0 Å². The van der Waals surface area contributed by atoms with Crippen LogP contribution in [0.25, 0.3) is 0 Å². The molecule has 1 N–H and O–H groups in total. The van der Waals surface area contributed by atoms with E-state index in [9.17, 15) is 5.11 Å². The number of ether oxygens (including phenoxy) is 1. The van der Waals surface area contributed by atoms with Gasteiger partial charge in [0.2, 0.25) is 0 Å². The van der Waals surface area contributed by atoms with Crippen molar-refractivity contribution < 1.29 is 9.84 Å². The van der Waals surface area contributed by atoms with Crippen LogP contribution in [0.4, 0.5) is 0 Å². The van der Waals surface area contributed by atoms with Gasteiger partial charge in [-0.25, -0.2) is 0 Å². The van der Waals surface area contributed by atoms with Crippen molar-refractivity contribution >= 4 is 0 Å². The first-order valence-electron chi connectivity index (χ1n) is 4.50. The Morgan fingerprint density at radius 2 is 2.27 bits per heavy atom. The molecule has 0 radical (unpaired) electrons. The molecule has 0 aromatic rings. The van der Waals surface area contributed by atoms with Gasteiger partial charge in [0.15, 0.2) is 0 Å². The van der Waals surface area contributed by atoms with Crippen molar-refractivity contribution in [2.45, 2.75) is 38.2 Å². The molecule has 0 aliphatic heterocycles. The number of aliphatic hydroxyl groups is 1. The molecule has 1 fully saturated rings. The van der Waals surface area contributed by atoms with Crippen molar-refractivity contribution in [2.75, 3.05) is 13.7 Å². The lowest BCUT2D eigenvalue weighted by atomic mass is 9.81. The van der Waals surface area contributed by atoms with Gasteiger partial charge in [-0.15, -0.1) is 0 Å². The lowest BCUT2D eigenvalue weighted by Gasteiger charge is -2.25. The molecule has 1 unspecified atom stereocenters. The van der Waals surface area contributed by atoms with Gasteiger partial charge < -0.3 is 9.84 Å². The minimum atomic E-state index is -0.236. The monoisotopic (exact) mass is 158 g/mol. The minimum Gasteiger partial charge on any atom is -0.391 e. The maximum atomic E-state index is 9.29. The van der Waals surface area contributed by atoms with Gasteiger partial charge in [-0.2, -0.15) is 0 Å². The molecule has 1 atom stereocenters. The molecule has 2 nitrogen and oxygen atoms in total. The highest BCUT2D eigenvalue weighted by Gasteiger charge is 2.18. The van der Waals surface area contributed by atoms with E-state index in [2.05, 4.69) is 0 Å². The van der Waals surface area contributed by atoms with Crippen LogP contribution in [-0.4, -0.2) is 24.9 Å². The summed E-state index contributed by atoms with van der Waals surface area (Å²) in [6.07, 6.45) is 6.01. The van der Waals surface area contributed by atoms with Gasteiger partial charge in [0.25, 0.3) is 0 Å². The Balaban J connectivity index is 1.92. The first-order valence-corrected chi connectivity index (χ1v) is 4.50. The lowest BCUT2D eigenvalue weighted by molar-refractivity contribution is 0.0519. The average molecular weight is 158 g/mol. The molecule has 0 saturated heterocycles. The van der Waals surface area contributed by atoms with E-state index in [-0.39, 0.29) is 6.10 Å². The van der Waals surface area contributed by atoms with E-state index in [1.165, 1.54) is 25.7 Å². The third-order valence-corrected chi connectivity index (χ3v) is 2.49. The van der Waals surface area contributed by atoms with E-state index < -0.39 is 0 Å². The summed E-state index contributed by atoms with van der Waals surface area (Å²) in [6, 6.07) is 0. The smallest absolute Gasteiger partial charge is 0.0773 e. The van der Waals surface area contributed by atoms with Crippen LogP contribution in [0.3, 0.4) is 0 Å². The summed E-state index contributed by atoms with van der Waals surface area (Å²) in [5.74, 6) is 0.904. The SMILES string of the molecule is COCC(O)CCC1CCC1. The van der Waals surface area contributed by atoms with E-state index in [1.54, 1.807) is 7.11 Å². The fourth-order valence-corrected chi connectivity index (χ4v) is 1.49. The summed E-state index contributed by atoms with van der Waals surface area (Å²) in [4.78, 5) is 0. The topological polar surface area (TPSA) is 29.5 Å². The Hall–Kier alpha value is -0.0800. The summed E-state index contributed by atoms with van der Waals surface area (Å²) < 4.78 is 4.84. The van der Waals surface area contributed by atoms with Crippen molar-refractivity contribution in [1.82, 2.24) is 0 Å². The standard InChI is InChI=1S/C9H18O2/c1-11-7-9(10)6-5-8-3-2-4-8/h8-10H,2-7H2,1H3. The quantitative estimate of drug-likeness (QED) is 0.658. The number of rotatable bonds is 5. The number of aliphatic hydroxyl groups excluding tert-OH is 1. The van der Waals surface area contributed by atoms with Crippen molar-refractivity contribution in [3.05, 3.63) is 0 Å². The van der Waals surface area contributed by atoms with Crippen LogP contribution >= 0.6 is 0 Å². The molecular formula is C9H18O2. The largest absolute Gasteiger partial charge is 0.391 e. The van der Waals surface area contributed by atoms with Gasteiger partial charge in [-0.1, -0.05) is 19.3 Å². The van der Waals surface area contributed by atoms with Gasteiger partial charge in [0.1, 0.15) is 0 Å². The van der Waals surface area contributed by atoms with Crippen LogP contribution in [-0.2, 0) is 4.74 Å². The highest BCUT2D eigenvalue weighted by atomic mass is 16.5. The summed E-state index contributed by atoms with van der Waals surface area (Å²) in [6.45, 7) is 0.493. The van der Waals surface area contributed by atoms with Crippen LogP contribution in [0.1, 0.15) is 32.1 Å². The molecule has 1 aliphatic carbocycles. The Labute approximate surface area is 68.6 Å². The maximum Gasteiger partial charge on any atom is 0.0773 e. The summed E-state index contributed by atoms with van der Waals surface area (Å²) in [7, 11) is 1.63. The molecule has 2 heteroatoms. The molecule has 11 heavy (non-hydrogen) atoms. The Morgan fingerprint density at radius 1 is 1.55 bits per heavy atom. The number of hydrogen-bond acceptors (Lipinski definition) is 2. The van der Waals surface area contributed by atoms with Crippen molar-refractivity contribution in [3.8, 4) is 0 Å².